The topological polar surface area (TPSA) is 29.5 Å². The first-order chi connectivity index (χ1) is 7.74. The number of fused-ring (bicyclic) bond motifs is 1. The second kappa shape index (κ2) is 3.79. The lowest BCUT2D eigenvalue weighted by atomic mass is 10.1. The predicted molar refractivity (Wildman–Crippen MR) is 64.7 cm³/mol. The Balaban J connectivity index is 1.92. The van der Waals surface area contributed by atoms with Crippen LogP contribution in [0.3, 0.4) is 0 Å². The van der Waals surface area contributed by atoms with E-state index in [2.05, 4.69) is 24.8 Å². The van der Waals surface area contributed by atoms with E-state index in [9.17, 15) is 4.79 Å². The van der Waals surface area contributed by atoms with Gasteiger partial charge in [0.25, 0.3) is 0 Å². The molecule has 16 heavy (non-hydrogen) atoms. The summed E-state index contributed by atoms with van der Waals surface area (Å²) in [6.45, 7) is 2.07. The molecule has 1 fully saturated rings. The second-order valence-corrected chi connectivity index (χ2v) is 5.04. The molecule has 0 aromatic heterocycles. The average molecular weight is 235 g/mol. The van der Waals surface area contributed by atoms with Crippen LogP contribution in [-0.2, 0) is 22.7 Å². The molecule has 4 heteroatoms. The van der Waals surface area contributed by atoms with E-state index in [4.69, 9.17) is 4.74 Å². The summed E-state index contributed by atoms with van der Waals surface area (Å²) < 4.78 is 5.36. The SMILES string of the molecule is O=C1CC(S)CN1c1ccc2c(c1)COC2. The number of hydrogen-bond acceptors (Lipinski definition) is 3. The van der Waals surface area contributed by atoms with Crippen LogP contribution in [0.15, 0.2) is 18.2 Å². The van der Waals surface area contributed by atoms with Gasteiger partial charge in [0.2, 0.25) is 5.91 Å². The molecule has 0 radical (unpaired) electrons. The lowest BCUT2D eigenvalue weighted by Crippen LogP contribution is -2.24. The third-order valence-electron chi connectivity index (χ3n) is 3.12. The van der Waals surface area contributed by atoms with Gasteiger partial charge in [0.15, 0.2) is 0 Å². The number of ether oxygens (including phenoxy) is 1. The normalized spacial score (nSPS) is 23.9. The standard InChI is InChI=1S/C12H13NO2S/c14-12-4-11(16)5-13(12)10-2-1-8-6-15-7-9(8)3-10/h1-3,11,16H,4-7H2. The molecule has 1 atom stereocenters. The fourth-order valence-electron chi connectivity index (χ4n) is 2.26. The lowest BCUT2D eigenvalue weighted by Gasteiger charge is -2.16. The highest BCUT2D eigenvalue weighted by molar-refractivity contribution is 7.81. The van der Waals surface area contributed by atoms with E-state index in [0.29, 0.717) is 26.2 Å². The number of anilines is 1. The molecule has 0 aliphatic carbocycles. The van der Waals surface area contributed by atoms with Crippen LogP contribution < -0.4 is 4.90 Å². The molecule has 2 aliphatic heterocycles. The molecule has 3 rings (SSSR count). The lowest BCUT2D eigenvalue weighted by molar-refractivity contribution is -0.117. The minimum absolute atomic E-state index is 0.164. The van der Waals surface area contributed by atoms with Gasteiger partial charge in [-0.3, -0.25) is 4.79 Å². The van der Waals surface area contributed by atoms with Gasteiger partial charge in [-0.15, -0.1) is 0 Å². The molecule has 0 saturated carbocycles. The Labute approximate surface area is 99.8 Å². The molecule has 0 N–H and O–H groups in total. The van der Waals surface area contributed by atoms with E-state index in [1.54, 1.807) is 0 Å². The Morgan fingerprint density at radius 3 is 2.88 bits per heavy atom. The molecule has 0 spiro atoms. The van der Waals surface area contributed by atoms with Crippen molar-refractivity contribution >= 4 is 24.2 Å². The van der Waals surface area contributed by atoms with Crippen molar-refractivity contribution in [1.29, 1.82) is 0 Å². The van der Waals surface area contributed by atoms with Crippen LogP contribution in [0.2, 0.25) is 0 Å². The Morgan fingerprint density at radius 2 is 2.12 bits per heavy atom. The van der Waals surface area contributed by atoms with Crippen LogP contribution in [-0.4, -0.2) is 17.7 Å². The Morgan fingerprint density at radius 1 is 1.31 bits per heavy atom. The van der Waals surface area contributed by atoms with Crippen LogP contribution in [0, 0.1) is 0 Å². The quantitative estimate of drug-likeness (QED) is 0.751. The van der Waals surface area contributed by atoms with Crippen LogP contribution >= 0.6 is 12.6 Å². The number of rotatable bonds is 1. The average Bonchev–Trinajstić information content (AvgIpc) is 2.83. The highest BCUT2D eigenvalue weighted by Crippen LogP contribution is 2.29. The zero-order valence-corrected chi connectivity index (χ0v) is 9.74. The van der Waals surface area contributed by atoms with E-state index < -0.39 is 0 Å². The maximum Gasteiger partial charge on any atom is 0.228 e. The minimum Gasteiger partial charge on any atom is -0.372 e. The van der Waals surface area contributed by atoms with Gasteiger partial charge in [-0.05, 0) is 23.3 Å². The van der Waals surface area contributed by atoms with E-state index in [0.717, 1.165) is 5.69 Å². The van der Waals surface area contributed by atoms with Gasteiger partial charge in [0.1, 0.15) is 0 Å². The van der Waals surface area contributed by atoms with Gasteiger partial charge < -0.3 is 9.64 Å². The number of carbonyl (C=O) groups is 1. The Hall–Kier alpha value is -1.00. The van der Waals surface area contributed by atoms with Crippen molar-refractivity contribution < 1.29 is 9.53 Å². The fourth-order valence-corrected chi connectivity index (χ4v) is 2.58. The summed E-state index contributed by atoms with van der Waals surface area (Å²) in [7, 11) is 0. The highest BCUT2D eigenvalue weighted by atomic mass is 32.1. The zero-order chi connectivity index (χ0) is 11.1. The molecule has 1 aromatic carbocycles. The molecule has 1 amide bonds. The van der Waals surface area contributed by atoms with Gasteiger partial charge in [0, 0.05) is 23.9 Å². The largest absolute Gasteiger partial charge is 0.372 e. The van der Waals surface area contributed by atoms with Crippen LogP contribution in [0.4, 0.5) is 5.69 Å². The monoisotopic (exact) mass is 235 g/mol. The molecule has 1 aromatic rings. The molecule has 1 unspecified atom stereocenters. The number of amides is 1. The first kappa shape index (κ1) is 10.2. The number of benzene rings is 1. The van der Waals surface area contributed by atoms with Crippen molar-refractivity contribution in [2.45, 2.75) is 24.9 Å². The van der Waals surface area contributed by atoms with Gasteiger partial charge in [-0.25, -0.2) is 0 Å². The van der Waals surface area contributed by atoms with Crippen molar-refractivity contribution in [3.63, 3.8) is 0 Å². The summed E-state index contributed by atoms with van der Waals surface area (Å²) in [4.78, 5) is 13.5. The zero-order valence-electron chi connectivity index (χ0n) is 8.85. The van der Waals surface area contributed by atoms with Gasteiger partial charge >= 0.3 is 0 Å². The van der Waals surface area contributed by atoms with E-state index in [-0.39, 0.29) is 11.2 Å². The fraction of sp³-hybridized carbons (Fsp3) is 0.417. The smallest absolute Gasteiger partial charge is 0.228 e. The first-order valence-electron chi connectivity index (χ1n) is 5.42. The Kier molecular flexibility index (Phi) is 2.41. The van der Waals surface area contributed by atoms with Crippen molar-refractivity contribution in [2.75, 3.05) is 11.4 Å². The summed E-state index contributed by atoms with van der Waals surface area (Å²) in [5.74, 6) is 0.166. The molecule has 2 heterocycles. The number of nitrogens with zero attached hydrogens (tertiary/aromatic N) is 1. The maximum atomic E-state index is 11.7. The van der Waals surface area contributed by atoms with Crippen molar-refractivity contribution in [3.05, 3.63) is 29.3 Å². The van der Waals surface area contributed by atoms with E-state index in [1.807, 2.05) is 11.0 Å². The van der Waals surface area contributed by atoms with Crippen molar-refractivity contribution in [1.82, 2.24) is 0 Å². The summed E-state index contributed by atoms with van der Waals surface area (Å²) >= 11 is 4.36. The molecular formula is C12H13NO2S. The predicted octanol–water partition coefficient (Wildman–Crippen LogP) is 1.75. The summed E-state index contributed by atoms with van der Waals surface area (Å²) in [5, 5.41) is 0.164. The third kappa shape index (κ3) is 1.62. The first-order valence-corrected chi connectivity index (χ1v) is 5.93. The van der Waals surface area contributed by atoms with Gasteiger partial charge in [-0.1, -0.05) is 6.07 Å². The molecule has 1 saturated heterocycles. The number of carbonyl (C=O) groups excluding carboxylic acids is 1. The minimum atomic E-state index is 0.164. The van der Waals surface area contributed by atoms with Gasteiger partial charge in [0.05, 0.1) is 13.2 Å². The van der Waals surface area contributed by atoms with E-state index >= 15 is 0 Å². The molecule has 0 bridgehead atoms. The van der Waals surface area contributed by atoms with Crippen LogP contribution in [0.25, 0.3) is 0 Å². The van der Waals surface area contributed by atoms with Crippen LogP contribution in [0.5, 0.6) is 0 Å². The summed E-state index contributed by atoms with van der Waals surface area (Å²) in [6.07, 6.45) is 0.538. The van der Waals surface area contributed by atoms with Crippen LogP contribution in [0.1, 0.15) is 17.5 Å². The molecular weight excluding hydrogens is 222 g/mol. The summed E-state index contributed by atoms with van der Waals surface area (Å²) in [6, 6.07) is 6.11. The third-order valence-corrected chi connectivity index (χ3v) is 3.47. The summed E-state index contributed by atoms with van der Waals surface area (Å²) in [5.41, 5.74) is 3.41. The van der Waals surface area contributed by atoms with Crippen molar-refractivity contribution in [3.8, 4) is 0 Å². The highest BCUT2D eigenvalue weighted by Gasteiger charge is 2.28. The van der Waals surface area contributed by atoms with E-state index in [1.165, 1.54) is 11.1 Å². The maximum absolute atomic E-state index is 11.7. The number of thiol groups is 1. The Bertz CT molecular complexity index is 447. The van der Waals surface area contributed by atoms with Crippen molar-refractivity contribution in [2.24, 2.45) is 0 Å². The molecule has 3 nitrogen and oxygen atoms in total. The van der Waals surface area contributed by atoms with Gasteiger partial charge in [-0.2, -0.15) is 12.6 Å². The molecule has 2 aliphatic rings. The second-order valence-electron chi connectivity index (χ2n) is 4.31. The number of hydrogen-bond donors (Lipinski definition) is 1. The molecule has 84 valence electrons.